The van der Waals surface area contributed by atoms with E-state index in [9.17, 15) is 0 Å². The molecule has 0 radical (unpaired) electrons. The van der Waals surface area contributed by atoms with Crippen molar-refractivity contribution in [2.45, 2.75) is 6.54 Å². The number of rotatable bonds is 3. The number of aromatic nitrogens is 1. The molecule has 0 fully saturated rings. The van der Waals surface area contributed by atoms with Gasteiger partial charge in [-0.15, -0.1) is 0 Å². The normalized spacial score (nSPS) is 10.7. The van der Waals surface area contributed by atoms with Crippen LogP contribution in [0.2, 0.25) is 5.02 Å². The number of benzene rings is 2. The third-order valence-corrected chi connectivity index (χ3v) is 4.31. The average Bonchev–Trinajstić information content (AvgIpc) is 2.48. The summed E-state index contributed by atoms with van der Waals surface area (Å²) in [7, 11) is 0. The van der Waals surface area contributed by atoms with Gasteiger partial charge in [0.05, 0.1) is 16.2 Å². The Bertz CT molecular complexity index is 753. The highest BCUT2D eigenvalue weighted by Gasteiger charge is 2.03. The van der Waals surface area contributed by atoms with E-state index in [-0.39, 0.29) is 0 Å². The third kappa shape index (κ3) is 2.79. The van der Waals surface area contributed by atoms with Crippen molar-refractivity contribution < 1.29 is 0 Å². The predicted molar refractivity (Wildman–Crippen MR) is 88.2 cm³/mol. The van der Waals surface area contributed by atoms with Crippen molar-refractivity contribution in [3.8, 4) is 0 Å². The molecule has 100 valence electrons. The molecule has 0 atom stereocenters. The highest BCUT2D eigenvalue weighted by molar-refractivity contribution is 9.10. The van der Waals surface area contributed by atoms with E-state index in [0.29, 0.717) is 0 Å². The van der Waals surface area contributed by atoms with E-state index in [2.05, 4.69) is 38.4 Å². The molecule has 1 aromatic heterocycles. The molecule has 0 aliphatic carbocycles. The maximum Gasteiger partial charge on any atom is 0.0933 e. The number of pyridine rings is 1. The van der Waals surface area contributed by atoms with Crippen LogP contribution >= 0.6 is 27.5 Å². The Hall–Kier alpha value is -1.58. The first-order valence-corrected chi connectivity index (χ1v) is 7.43. The van der Waals surface area contributed by atoms with Crippen LogP contribution in [0.15, 0.2) is 59.2 Å². The molecule has 0 spiro atoms. The van der Waals surface area contributed by atoms with E-state index in [0.717, 1.165) is 38.2 Å². The Labute approximate surface area is 130 Å². The van der Waals surface area contributed by atoms with Crippen molar-refractivity contribution in [2.24, 2.45) is 0 Å². The highest BCUT2D eigenvalue weighted by Crippen LogP contribution is 2.25. The Balaban J connectivity index is 1.85. The van der Waals surface area contributed by atoms with Crippen LogP contribution in [0.1, 0.15) is 5.56 Å². The van der Waals surface area contributed by atoms with E-state index in [4.69, 9.17) is 11.6 Å². The summed E-state index contributed by atoms with van der Waals surface area (Å²) in [4.78, 5) is 4.43. The maximum atomic E-state index is 6.00. The lowest BCUT2D eigenvalue weighted by atomic mass is 10.1. The molecule has 4 heteroatoms. The lowest BCUT2D eigenvalue weighted by Gasteiger charge is -2.09. The van der Waals surface area contributed by atoms with Gasteiger partial charge >= 0.3 is 0 Å². The van der Waals surface area contributed by atoms with Gasteiger partial charge in [0.25, 0.3) is 0 Å². The van der Waals surface area contributed by atoms with Gasteiger partial charge in [-0.3, -0.25) is 4.98 Å². The number of nitrogens with one attached hydrogen (secondary N) is 1. The molecule has 0 bridgehead atoms. The number of fused-ring (bicyclic) bond motifs is 1. The van der Waals surface area contributed by atoms with Crippen molar-refractivity contribution in [2.75, 3.05) is 5.32 Å². The minimum atomic E-state index is 0.723. The Morgan fingerprint density at radius 3 is 2.80 bits per heavy atom. The topological polar surface area (TPSA) is 24.9 Å². The summed E-state index contributed by atoms with van der Waals surface area (Å²) in [5, 5.41) is 5.28. The lowest BCUT2D eigenvalue weighted by molar-refractivity contribution is 1.15. The Morgan fingerprint density at radius 1 is 1.10 bits per heavy atom. The molecular weight excluding hydrogens is 336 g/mol. The molecule has 3 aromatic rings. The van der Waals surface area contributed by atoms with Gasteiger partial charge in [-0.25, -0.2) is 0 Å². The summed E-state index contributed by atoms with van der Waals surface area (Å²) < 4.78 is 0.912. The fourth-order valence-corrected chi connectivity index (χ4v) is 2.64. The molecule has 20 heavy (non-hydrogen) atoms. The standard InChI is InChI=1S/C16H12BrClN2/c17-13-9-11(6-7-14(13)18)10-20-15-5-1-3-12-4-2-8-19-16(12)15/h1-9,20H,10H2. The van der Waals surface area contributed by atoms with Gasteiger partial charge in [0.15, 0.2) is 0 Å². The van der Waals surface area contributed by atoms with Crippen molar-refractivity contribution in [3.05, 3.63) is 69.8 Å². The molecule has 2 nitrogen and oxygen atoms in total. The first-order chi connectivity index (χ1) is 9.74. The number of halogens is 2. The number of anilines is 1. The first kappa shape index (κ1) is 13.4. The molecule has 1 heterocycles. The zero-order valence-corrected chi connectivity index (χ0v) is 12.9. The summed E-state index contributed by atoms with van der Waals surface area (Å²) in [5.74, 6) is 0. The van der Waals surface area contributed by atoms with Crippen molar-refractivity contribution in [3.63, 3.8) is 0 Å². The van der Waals surface area contributed by atoms with Gasteiger partial charge < -0.3 is 5.32 Å². The minimum Gasteiger partial charge on any atom is -0.379 e. The zero-order chi connectivity index (χ0) is 13.9. The summed E-state index contributed by atoms with van der Waals surface area (Å²) in [6, 6.07) is 16.1. The minimum absolute atomic E-state index is 0.723. The number of para-hydroxylation sites is 1. The van der Waals surface area contributed by atoms with Crippen molar-refractivity contribution in [1.29, 1.82) is 0 Å². The van der Waals surface area contributed by atoms with Crippen molar-refractivity contribution in [1.82, 2.24) is 4.98 Å². The molecule has 2 aromatic carbocycles. The van der Waals surface area contributed by atoms with Crippen LogP contribution in [-0.4, -0.2) is 4.98 Å². The van der Waals surface area contributed by atoms with E-state index < -0.39 is 0 Å². The fraction of sp³-hybridized carbons (Fsp3) is 0.0625. The average molecular weight is 348 g/mol. The fourth-order valence-electron chi connectivity index (χ4n) is 2.09. The molecule has 0 aliphatic heterocycles. The van der Waals surface area contributed by atoms with Crippen LogP contribution in [0, 0.1) is 0 Å². The molecule has 0 aliphatic rings. The summed E-state index contributed by atoms with van der Waals surface area (Å²) >= 11 is 9.44. The molecule has 0 saturated heterocycles. The van der Waals surface area contributed by atoms with Crippen LogP contribution in [0.5, 0.6) is 0 Å². The van der Waals surface area contributed by atoms with E-state index >= 15 is 0 Å². The van der Waals surface area contributed by atoms with Gasteiger partial charge in [-0.05, 0) is 45.8 Å². The smallest absolute Gasteiger partial charge is 0.0933 e. The monoisotopic (exact) mass is 346 g/mol. The SMILES string of the molecule is Clc1ccc(CNc2cccc3cccnc23)cc1Br. The van der Waals surface area contributed by atoms with Crippen LogP contribution < -0.4 is 5.32 Å². The van der Waals surface area contributed by atoms with Crippen LogP contribution in [-0.2, 0) is 6.54 Å². The van der Waals surface area contributed by atoms with E-state index in [1.807, 2.05) is 42.6 Å². The van der Waals surface area contributed by atoms with Gasteiger partial charge in [0.1, 0.15) is 0 Å². The Morgan fingerprint density at radius 2 is 1.95 bits per heavy atom. The second-order valence-corrected chi connectivity index (χ2v) is 5.74. The number of hydrogen-bond acceptors (Lipinski definition) is 2. The summed E-state index contributed by atoms with van der Waals surface area (Å²) in [5.41, 5.74) is 3.19. The Kier molecular flexibility index (Phi) is 3.90. The largest absolute Gasteiger partial charge is 0.379 e. The molecule has 0 unspecified atom stereocenters. The van der Waals surface area contributed by atoms with Crippen LogP contribution in [0.25, 0.3) is 10.9 Å². The van der Waals surface area contributed by atoms with Crippen molar-refractivity contribution >= 4 is 44.1 Å². The van der Waals surface area contributed by atoms with E-state index in [1.165, 1.54) is 0 Å². The quantitative estimate of drug-likeness (QED) is 0.699. The molecule has 0 saturated carbocycles. The molecular formula is C16H12BrClN2. The highest BCUT2D eigenvalue weighted by atomic mass is 79.9. The molecule has 3 rings (SSSR count). The first-order valence-electron chi connectivity index (χ1n) is 6.25. The molecule has 0 amide bonds. The predicted octanol–water partition coefficient (Wildman–Crippen LogP) is 5.26. The van der Waals surface area contributed by atoms with Crippen LogP contribution in [0.4, 0.5) is 5.69 Å². The second kappa shape index (κ2) is 5.81. The number of nitrogens with zero attached hydrogens (tertiary/aromatic N) is 1. The van der Waals surface area contributed by atoms with Crippen LogP contribution in [0.3, 0.4) is 0 Å². The van der Waals surface area contributed by atoms with Gasteiger partial charge in [-0.2, -0.15) is 0 Å². The number of hydrogen-bond donors (Lipinski definition) is 1. The molecule has 1 N–H and O–H groups in total. The van der Waals surface area contributed by atoms with E-state index in [1.54, 1.807) is 0 Å². The third-order valence-electron chi connectivity index (χ3n) is 3.10. The summed E-state index contributed by atoms with van der Waals surface area (Å²) in [6.07, 6.45) is 1.81. The van der Waals surface area contributed by atoms with Gasteiger partial charge in [0, 0.05) is 22.6 Å². The van der Waals surface area contributed by atoms with Gasteiger partial charge in [0.2, 0.25) is 0 Å². The second-order valence-electron chi connectivity index (χ2n) is 4.48. The maximum absolute atomic E-state index is 6.00. The lowest BCUT2D eigenvalue weighted by Crippen LogP contribution is -2.00. The summed E-state index contributed by atoms with van der Waals surface area (Å²) in [6.45, 7) is 0.728. The van der Waals surface area contributed by atoms with Gasteiger partial charge in [-0.1, -0.05) is 35.9 Å². The zero-order valence-electron chi connectivity index (χ0n) is 10.6.